The first-order valence-corrected chi connectivity index (χ1v) is 14.0. The summed E-state index contributed by atoms with van der Waals surface area (Å²) in [5, 5.41) is 24.6. The number of sulfonamides is 1. The standard InChI is InChI=1S/C20H27N5O6S3/c1-20(2,3)16(12-6-8-31-10-12)22-18-17(23-33(28)24-18)21-14-11-32-19(15(14)27)34(29,30)25-7-4-5-13(25)9-26/h6,8,10-11,13,16,26-27H,4-5,7,9H2,1-3H3,(H,21,23)(H,22,24)/t13?,16-,33?/m0/s1. The van der Waals surface area contributed by atoms with E-state index in [1.165, 1.54) is 9.69 Å². The zero-order chi connectivity index (χ0) is 24.7. The number of aliphatic hydroxyl groups excluding tert-OH is 1. The molecule has 186 valence electrons. The zero-order valence-electron chi connectivity index (χ0n) is 18.9. The second-order valence-electron chi connectivity index (χ2n) is 9.10. The molecule has 34 heavy (non-hydrogen) atoms. The van der Waals surface area contributed by atoms with Crippen molar-refractivity contribution >= 4 is 44.0 Å². The molecule has 3 aromatic heterocycles. The normalized spacial score (nSPS) is 19.6. The van der Waals surface area contributed by atoms with Crippen molar-refractivity contribution < 1.29 is 27.6 Å². The van der Waals surface area contributed by atoms with Gasteiger partial charge in [-0.05, 0) is 24.3 Å². The van der Waals surface area contributed by atoms with E-state index in [9.17, 15) is 23.2 Å². The van der Waals surface area contributed by atoms with Gasteiger partial charge in [0.05, 0.1) is 30.9 Å². The van der Waals surface area contributed by atoms with Gasteiger partial charge in [-0.3, -0.25) is 4.99 Å². The summed E-state index contributed by atoms with van der Waals surface area (Å²) < 4.78 is 51.2. The Kier molecular flexibility index (Phi) is 6.90. The molecule has 4 N–H and O–H groups in total. The Morgan fingerprint density at radius 2 is 2.26 bits per heavy atom. The second-order valence-corrected chi connectivity index (χ2v) is 12.9. The van der Waals surface area contributed by atoms with Crippen LogP contribution >= 0.6 is 22.5 Å². The predicted octanol–water partition coefficient (Wildman–Crippen LogP) is 3.07. The summed E-state index contributed by atoms with van der Waals surface area (Å²) in [5.74, 6) is -0.349. The SMILES string of the molecule is CC(C)(C)[C@@H](N=c1[nH][s+]([O-])nc1Nc1csc(S(=O)(=O)N2CCCC2CO)c1O)c1ccoc1. The Bertz CT molecular complexity index is 1300. The van der Waals surface area contributed by atoms with Crippen molar-refractivity contribution in [1.82, 2.24) is 13.1 Å². The maximum atomic E-state index is 13.1. The van der Waals surface area contributed by atoms with Gasteiger partial charge in [-0.25, -0.2) is 8.42 Å². The Balaban J connectivity index is 1.68. The maximum absolute atomic E-state index is 13.1. The van der Waals surface area contributed by atoms with Gasteiger partial charge in [-0.1, -0.05) is 20.8 Å². The molecule has 2 unspecified atom stereocenters. The number of nitrogens with one attached hydrogen (secondary N) is 2. The van der Waals surface area contributed by atoms with Gasteiger partial charge in [0.2, 0.25) is 11.3 Å². The third-order valence-corrected chi connectivity index (χ3v) is 9.74. The number of aromatic nitrogens is 2. The molecule has 0 saturated carbocycles. The third kappa shape index (κ3) is 4.78. The Morgan fingerprint density at radius 1 is 1.50 bits per heavy atom. The largest absolute Gasteiger partial charge is 0.548 e. The quantitative estimate of drug-likeness (QED) is 0.339. The minimum atomic E-state index is -3.99. The van der Waals surface area contributed by atoms with E-state index in [1.54, 1.807) is 18.6 Å². The molecule has 3 aromatic rings. The lowest BCUT2D eigenvalue weighted by atomic mass is 9.84. The van der Waals surface area contributed by atoms with Crippen LogP contribution in [0.5, 0.6) is 5.75 Å². The van der Waals surface area contributed by atoms with Crippen molar-refractivity contribution in [3.05, 3.63) is 35.0 Å². The van der Waals surface area contributed by atoms with Crippen LogP contribution in [0.25, 0.3) is 0 Å². The van der Waals surface area contributed by atoms with E-state index in [1.807, 2.05) is 20.8 Å². The van der Waals surface area contributed by atoms with Gasteiger partial charge in [0, 0.05) is 27.9 Å². The van der Waals surface area contributed by atoms with Crippen molar-refractivity contribution in [1.29, 1.82) is 0 Å². The van der Waals surface area contributed by atoms with Crippen molar-refractivity contribution in [3.8, 4) is 5.75 Å². The highest BCUT2D eigenvalue weighted by molar-refractivity contribution is 7.91. The van der Waals surface area contributed by atoms with Gasteiger partial charge in [-0.15, -0.1) is 15.7 Å². The molecule has 1 fully saturated rings. The Morgan fingerprint density at radius 3 is 2.91 bits per heavy atom. The first-order valence-electron chi connectivity index (χ1n) is 10.6. The van der Waals surface area contributed by atoms with Crippen molar-refractivity contribution in [2.75, 3.05) is 18.5 Å². The molecular weight excluding hydrogens is 502 g/mol. The number of H-pyrrole nitrogens is 1. The van der Waals surface area contributed by atoms with Crippen molar-refractivity contribution in [2.45, 2.75) is 49.9 Å². The predicted molar refractivity (Wildman–Crippen MR) is 127 cm³/mol. The van der Waals surface area contributed by atoms with E-state index >= 15 is 0 Å². The molecule has 0 amide bonds. The van der Waals surface area contributed by atoms with Gasteiger partial charge >= 0.3 is 0 Å². The average molecular weight is 530 g/mol. The fourth-order valence-corrected chi connectivity index (χ4v) is 7.62. The summed E-state index contributed by atoms with van der Waals surface area (Å²) in [6.45, 7) is 6.01. The highest BCUT2D eigenvalue weighted by Gasteiger charge is 2.38. The van der Waals surface area contributed by atoms with Crippen LogP contribution < -0.4 is 10.8 Å². The molecule has 11 nitrogen and oxygen atoms in total. The molecule has 0 spiro atoms. The molecule has 1 saturated heterocycles. The van der Waals surface area contributed by atoms with E-state index in [4.69, 9.17) is 9.41 Å². The molecule has 1 aliphatic rings. The summed E-state index contributed by atoms with van der Waals surface area (Å²) in [4.78, 5) is 4.71. The van der Waals surface area contributed by atoms with Crippen LogP contribution in [0.15, 0.2) is 37.6 Å². The molecular formula is C20H27N5O6S3. The number of furan rings is 1. The fraction of sp³-hybridized carbons (Fsp3) is 0.500. The highest BCUT2D eigenvalue weighted by atomic mass is 32.2. The van der Waals surface area contributed by atoms with Crippen LogP contribution in [0.4, 0.5) is 11.5 Å². The topological polar surface area (TPSA) is 167 Å². The van der Waals surface area contributed by atoms with E-state index in [-0.39, 0.29) is 45.8 Å². The number of rotatable bonds is 7. The van der Waals surface area contributed by atoms with Crippen molar-refractivity contribution in [2.24, 2.45) is 10.4 Å². The molecule has 4 heterocycles. The Labute approximate surface area is 204 Å². The van der Waals surface area contributed by atoms with Crippen LogP contribution in [0, 0.1) is 5.41 Å². The summed E-state index contributed by atoms with van der Waals surface area (Å²) in [6.07, 6.45) is 4.35. The molecule has 0 aliphatic carbocycles. The number of nitrogens with zero attached hydrogens (tertiary/aromatic N) is 3. The van der Waals surface area contributed by atoms with E-state index < -0.39 is 33.0 Å². The molecule has 14 heteroatoms. The van der Waals surface area contributed by atoms with Crippen LogP contribution in [-0.2, 0) is 10.0 Å². The smallest absolute Gasteiger partial charge is 0.256 e. The number of hydrogen-bond acceptors (Lipinski definition) is 10. The first-order chi connectivity index (χ1) is 16.0. The number of thiophene rings is 1. The monoisotopic (exact) mass is 529 g/mol. The van der Waals surface area contributed by atoms with Gasteiger partial charge in [-0.2, -0.15) is 4.31 Å². The third-order valence-electron chi connectivity index (χ3n) is 5.58. The Hall–Kier alpha value is -2.23. The molecule has 1 aliphatic heterocycles. The second kappa shape index (κ2) is 9.43. The van der Waals surface area contributed by atoms with Crippen LogP contribution in [0.2, 0.25) is 0 Å². The van der Waals surface area contributed by atoms with Crippen molar-refractivity contribution in [3.63, 3.8) is 0 Å². The van der Waals surface area contributed by atoms with Gasteiger partial charge in [0.15, 0.2) is 21.1 Å². The van der Waals surface area contributed by atoms with Gasteiger partial charge in [0.25, 0.3) is 10.0 Å². The lowest BCUT2D eigenvalue weighted by Crippen LogP contribution is -2.37. The molecule has 3 atom stereocenters. The van der Waals surface area contributed by atoms with Crippen LogP contribution in [0.3, 0.4) is 0 Å². The molecule has 4 rings (SSSR count). The minimum absolute atomic E-state index is 0.103. The summed E-state index contributed by atoms with van der Waals surface area (Å²) in [5.41, 5.74) is 0.841. The summed E-state index contributed by atoms with van der Waals surface area (Å²) in [7, 11) is -3.99. The highest BCUT2D eigenvalue weighted by Crippen LogP contribution is 2.42. The number of aromatic amines is 1. The minimum Gasteiger partial charge on any atom is -0.548 e. The first kappa shape index (κ1) is 24.9. The van der Waals surface area contributed by atoms with E-state index in [2.05, 4.69) is 14.1 Å². The molecule has 0 bridgehead atoms. The number of aliphatic hydroxyl groups is 1. The summed E-state index contributed by atoms with van der Waals surface area (Å²) >= 11 is -0.926. The zero-order valence-corrected chi connectivity index (χ0v) is 21.3. The summed E-state index contributed by atoms with van der Waals surface area (Å²) in [6, 6.07) is 0.939. The molecule has 0 radical (unpaired) electrons. The lowest BCUT2D eigenvalue weighted by molar-refractivity contribution is 0.213. The number of aromatic hydroxyl groups is 1. The maximum Gasteiger partial charge on any atom is 0.256 e. The van der Waals surface area contributed by atoms with Gasteiger partial charge < -0.3 is 24.5 Å². The molecule has 0 aromatic carbocycles. The van der Waals surface area contributed by atoms with E-state index in [0.29, 0.717) is 12.8 Å². The average Bonchev–Trinajstić information content (AvgIpc) is 3.54. The lowest BCUT2D eigenvalue weighted by Gasteiger charge is -2.25. The van der Waals surface area contributed by atoms with Crippen LogP contribution in [-0.4, -0.2) is 55.4 Å². The van der Waals surface area contributed by atoms with Crippen LogP contribution in [0.1, 0.15) is 45.2 Å². The number of hydrogen-bond donors (Lipinski definition) is 4. The number of anilines is 2. The van der Waals surface area contributed by atoms with E-state index in [0.717, 1.165) is 16.9 Å². The fourth-order valence-electron chi connectivity index (χ4n) is 3.93. The van der Waals surface area contributed by atoms with Gasteiger partial charge in [0.1, 0.15) is 0 Å².